The van der Waals surface area contributed by atoms with Gasteiger partial charge in [-0.25, -0.2) is 0 Å². The molecule has 2 rings (SSSR count). The predicted molar refractivity (Wildman–Crippen MR) is 62.7 cm³/mol. The topological polar surface area (TPSA) is 59.2 Å². The van der Waals surface area contributed by atoms with Crippen LogP contribution >= 0.6 is 0 Å². The predicted octanol–water partition coefficient (Wildman–Crippen LogP) is 1.26. The monoisotopic (exact) mass is 234 g/mol. The van der Waals surface area contributed by atoms with Gasteiger partial charge >= 0.3 is 0 Å². The maximum Gasteiger partial charge on any atom is 0.166 e. The van der Waals surface area contributed by atoms with Crippen molar-refractivity contribution >= 4 is 0 Å². The molecular formula is C13H16NO3+. The average Bonchev–Trinajstić information content (AvgIpc) is 2.84. The summed E-state index contributed by atoms with van der Waals surface area (Å²) in [4.78, 5) is 0. The van der Waals surface area contributed by atoms with E-state index in [0.29, 0.717) is 12.3 Å². The summed E-state index contributed by atoms with van der Waals surface area (Å²) >= 11 is 0. The molecule has 0 spiro atoms. The summed E-state index contributed by atoms with van der Waals surface area (Å²) in [5.41, 5.74) is 0.857. The maximum absolute atomic E-state index is 9.88. The molecule has 2 aromatic rings. The van der Waals surface area contributed by atoms with Crippen LogP contribution in [0.2, 0.25) is 0 Å². The zero-order valence-corrected chi connectivity index (χ0v) is 9.72. The Kier molecular flexibility index (Phi) is 3.67. The van der Waals surface area contributed by atoms with E-state index < -0.39 is 0 Å². The van der Waals surface area contributed by atoms with Crippen LogP contribution in [-0.4, -0.2) is 12.2 Å². The Balaban J connectivity index is 1.95. The fourth-order valence-corrected chi connectivity index (χ4v) is 1.70. The highest BCUT2D eigenvalue weighted by atomic mass is 16.5. The number of hydrogen-bond donors (Lipinski definition) is 2. The maximum atomic E-state index is 9.88. The second-order valence-corrected chi connectivity index (χ2v) is 3.74. The van der Waals surface area contributed by atoms with Crippen LogP contribution in [-0.2, 0) is 13.1 Å². The molecule has 0 fully saturated rings. The van der Waals surface area contributed by atoms with Crippen molar-refractivity contribution in [1.29, 1.82) is 0 Å². The van der Waals surface area contributed by atoms with Gasteiger partial charge in [-0.15, -0.1) is 0 Å². The minimum absolute atomic E-state index is 0.214. The van der Waals surface area contributed by atoms with Gasteiger partial charge in [0.25, 0.3) is 0 Å². The van der Waals surface area contributed by atoms with Crippen molar-refractivity contribution in [3.05, 3.63) is 47.9 Å². The number of methoxy groups -OCH3 is 1. The van der Waals surface area contributed by atoms with Crippen molar-refractivity contribution in [2.45, 2.75) is 13.1 Å². The van der Waals surface area contributed by atoms with E-state index in [9.17, 15) is 5.11 Å². The van der Waals surface area contributed by atoms with Gasteiger partial charge in [0, 0.05) is 0 Å². The molecule has 4 nitrogen and oxygen atoms in total. The molecular weight excluding hydrogens is 218 g/mol. The van der Waals surface area contributed by atoms with E-state index in [1.807, 2.05) is 24.3 Å². The van der Waals surface area contributed by atoms with Gasteiger partial charge in [0.05, 0.1) is 18.9 Å². The van der Waals surface area contributed by atoms with Crippen molar-refractivity contribution in [3.8, 4) is 11.5 Å². The molecule has 0 amide bonds. The van der Waals surface area contributed by atoms with Crippen LogP contribution in [0.5, 0.6) is 11.5 Å². The first-order valence-corrected chi connectivity index (χ1v) is 5.50. The van der Waals surface area contributed by atoms with Crippen molar-refractivity contribution in [2.24, 2.45) is 0 Å². The Morgan fingerprint density at radius 2 is 2.12 bits per heavy atom. The van der Waals surface area contributed by atoms with Crippen LogP contribution < -0.4 is 10.1 Å². The van der Waals surface area contributed by atoms with E-state index in [-0.39, 0.29) is 5.75 Å². The van der Waals surface area contributed by atoms with Gasteiger partial charge in [0.2, 0.25) is 0 Å². The van der Waals surface area contributed by atoms with Gasteiger partial charge in [-0.3, -0.25) is 0 Å². The summed E-state index contributed by atoms with van der Waals surface area (Å²) in [7, 11) is 1.55. The largest absolute Gasteiger partial charge is 0.504 e. The third kappa shape index (κ3) is 2.79. The number of rotatable bonds is 5. The Morgan fingerprint density at radius 1 is 1.24 bits per heavy atom. The van der Waals surface area contributed by atoms with E-state index in [4.69, 9.17) is 9.15 Å². The Labute approximate surface area is 99.8 Å². The lowest BCUT2D eigenvalue weighted by Gasteiger charge is -2.07. The van der Waals surface area contributed by atoms with Gasteiger partial charge in [-0.2, -0.15) is 0 Å². The fourth-order valence-electron chi connectivity index (χ4n) is 1.70. The summed E-state index contributed by atoms with van der Waals surface area (Å²) in [6, 6.07) is 9.30. The molecule has 0 unspecified atom stereocenters. The van der Waals surface area contributed by atoms with Gasteiger partial charge in [-0.05, 0) is 24.3 Å². The van der Waals surface area contributed by atoms with Crippen LogP contribution in [0.4, 0.5) is 0 Å². The molecule has 0 saturated heterocycles. The van der Waals surface area contributed by atoms with Gasteiger partial charge in [-0.1, -0.05) is 6.07 Å². The first kappa shape index (κ1) is 11.5. The number of benzene rings is 1. The standard InChI is InChI=1S/C13H15NO3/c1-16-12-6-2-4-10(13(12)15)8-14-9-11-5-3-7-17-11/h2-7,14-15H,8-9H2,1H3/p+1. The molecule has 17 heavy (non-hydrogen) atoms. The molecule has 1 heterocycles. The van der Waals surface area contributed by atoms with Crippen LogP contribution in [0.25, 0.3) is 0 Å². The molecule has 0 radical (unpaired) electrons. The number of para-hydroxylation sites is 1. The Morgan fingerprint density at radius 3 is 2.82 bits per heavy atom. The van der Waals surface area contributed by atoms with E-state index in [1.54, 1.807) is 19.4 Å². The molecule has 0 aliphatic heterocycles. The van der Waals surface area contributed by atoms with Gasteiger partial charge in [0.1, 0.15) is 13.1 Å². The molecule has 0 saturated carbocycles. The molecule has 0 aliphatic carbocycles. The first-order valence-electron chi connectivity index (χ1n) is 5.50. The second-order valence-electron chi connectivity index (χ2n) is 3.74. The third-order valence-corrected chi connectivity index (χ3v) is 2.59. The number of hydrogen-bond acceptors (Lipinski definition) is 3. The van der Waals surface area contributed by atoms with Crippen LogP contribution in [0.15, 0.2) is 41.0 Å². The number of ether oxygens (including phenoxy) is 1. The third-order valence-electron chi connectivity index (χ3n) is 2.59. The van der Waals surface area contributed by atoms with E-state index in [2.05, 4.69) is 5.32 Å². The van der Waals surface area contributed by atoms with E-state index in [0.717, 1.165) is 17.9 Å². The molecule has 90 valence electrons. The molecule has 0 bridgehead atoms. The van der Waals surface area contributed by atoms with E-state index in [1.165, 1.54) is 0 Å². The Bertz CT molecular complexity index is 466. The Hall–Kier alpha value is -1.94. The fraction of sp³-hybridized carbons (Fsp3) is 0.231. The number of aromatic hydroxyl groups is 1. The minimum atomic E-state index is 0.214. The summed E-state index contributed by atoms with van der Waals surface area (Å²) in [5, 5.41) is 11.9. The number of quaternary nitrogens is 1. The summed E-state index contributed by atoms with van der Waals surface area (Å²) in [6.45, 7) is 1.44. The second kappa shape index (κ2) is 5.41. The van der Waals surface area contributed by atoms with Crippen LogP contribution in [0.1, 0.15) is 11.3 Å². The molecule has 1 aromatic heterocycles. The highest BCUT2D eigenvalue weighted by Crippen LogP contribution is 2.28. The first-order chi connectivity index (χ1) is 8.31. The van der Waals surface area contributed by atoms with Crippen LogP contribution in [0.3, 0.4) is 0 Å². The van der Waals surface area contributed by atoms with Gasteiger partial charge in [0.15, 0.2) is 17.3 Å². The zero-order valence-electron chi connectivity index (χ0n) is 9.72. The van der Waals surface area contributed by atoms with Gasteiger partial charge < -0.3 is 19.6 Å². The zero-order chi connectivity index (χ0) is 12.1. The molecule has 0 aliphatic rings. The highest BCUT2D eigenvalue weighted by molar-refractivity contribution is 5.44. The SMILES string of the molecule is COc1cccc(C[NH2+]Cc2ccco2)c1O. The van der Waals surface area contributed by atoms with E-state index >= 15 is 0 Å². The highest BCUT2D eigenvalue weighted by Gasteiger charge is 2.08. The summed E-state index contributed by atoms with van der Waals surface area (Å²) < 4.78 is 10.3. The molecule has 4 heteroatoms. The lowest BCUT2D eigenvalue weighted by Crippen LogP contribution is -2.80. The number of phenols is 1. The lowest BCUT2D eigenvalue weighted by atomic mass is 10.2. The summed E-state index contributed by atoms with van der Waals surface area (Å²) in [6.07, 6.45) is 1.66. The molecule has 1 aromatic carbocycles. The number of phenolic OH excluding ortho intramolecular Hbond substituents is 1. The lowest BCUT2D eigenvalue weighted by molar-refractivity contribution is -0.688. The van der Waals surface area contributed by atoms with Crippen molar-refractivity contribution in [1.82, 2.24) is 0 Å². The average molecular weight is 234 g/mol. The van der Waals surface area contributed by atoms with Crippen molar-refractivity contribution in [3.63, 3.8) is 0 Å². The quantitative estimate of drug-likeness (QED) is 0.818. The molecule has 3 N–H and O–H groups in total. The van der Waals surface area contributed by atoms with Crippen molar-refractivity contribution < 1.29 is 19.6 Å². The van der Waals surface area contributed by atoms with Crippen molar-refractivity contribution in [2.75, 3.05) is 7.11 Å². The smallest absolute Gasteiger partial charge is 0.166 e. The number of nitrogens with two attached hydrogens (primary N) is 1. The summed E-state index contributed by atoms with van der Waals surface area (Å²) in [5.74, 6) is 1.65. The number of furan rings is 1. The normalized spacial score (nSPS) is 10.4. The minimum Gasteiger partial charge on any atom is -0.504 e. The molecule has 0 atom stereocenters. The van der Waals surface area contributed by atoms with Crippen LogP contribution in [0, 0.1) is 0 Å².